The summed E-state index contributed by atoms with van der Waals surface area (Å²) in [6.45, 7) is 0.415. The van der Waals surface area contributed by atoms with E-state index in [1.54, 1.807) is 6.07 Å². The fourth-order valence-electron chi connectivity index (χ4n) is 2.62. The number of hydrogen-bond acceptors (Lipinski definition) is 1. The van der Waals surface area contributed by atoms with Gasteiger partial charge < -0.3 is 4.74 Å². The van der Waals surface area contributed by atoms with Gasteiger partial charge in [0.15, 0.2) is 11.6 Å². The minimum Gasteiger partial charge on any atom is -0.486 e. The first-order chi connectivity index (χ1) is 9.76. The Labute approximate surface area is 126 Å². The summed E-state index contributed by atoms with van der Waals surface area (Å²) in [6, 6.07) is 11.5. The highest BCUT2D eigenvalue weighted by Crippen LogP contribution is 2.24. The molecule has 1 aliphatic rings. The number of benzene rings is 2. The Bertz CT molecular complexity index is 624. The van der Waals surface area contributed by atoms with Gasteiger partial charge in [0, 0.05) is 5.33 Å². The van der Waals surface area contributed by atoms with Gasteiger partial charge in [-0.25, -0.2) is 4.39 Å². The Balaban J connectivity index is 1.70. The second-order valence-electron chi connectivity index (χ2n) is 5.14. The van der Waals surface area contributed by atoms with E-state index in [1.165, 1.54) is 30.0 Å². The Kier molecular flexibility index (Phi) is 4.06. The van der Waals surface area contributed by atoms with Gasteiger partial charge in [0.05, 0.1) is 0 Å². The van der Waals surface area contributed by atoms with E-state index in [9.17, 15) is 4.39 Å². The van der Waals surface area contributed by atoms with E-state index in [4.69, 9.17) is 4.74 Å². The minimum atomic E-state index is -0.303. The van der Waals surface area contributed by atoms with Crippen molar-refractivity contribution in [3.8, 4) is 5.75 Å². The second kappa shape index (κ2) is 5.96. The van der Waals surface area contributed by atoms with Crippen LogP contribution in [0.3, 0.4) is 0 Å². The highest BCUT2D eigenvalue weighted by molar-refractivity contribution is 9.08. The molecule has 0 aromatic heterocycles. The Hall–Kier alpha value is -1.35. The number of rotatable bonds is 4. The SMILES string of the molecule is Fc1cc(CBr)ccc1OCc1ccc2c(c1)CCC2. The van der Waals surface area contributed by atoms with Gasteiger partial charge in [-0.2, -0.15) is 0 Å². The number of halogens is 2. The van der Waals surface area contributed by atoms with Crippen LogP contribution in [0.1, 0.15) is 28.7 Å². The molecular formula is C17H16BrFO. The number of alkyl halides is 1. The van der Waals surface area contributed by atoms with Crippen LogP contribution in [0.15, 0.2) is 36.4 Å². The van der Waals surface area contributed by atoms with Crippen molar-refractivity contribution in [1.29, 1.82) is 0 Å². The molecule has 104 valence electrons. The summed E-state index contributed by atoms with van der Waals surface area (Å²) in [5.41, 5.74) is 4.88. The molecule has 0 atom stereocenters. The summed E-state index contributed by atoms with van der Waals surface area (Å²) in [4.78, 5) is 0. The summed E-state index contributed by atoms with van der Waals surface area (Å²) in [7, 11) is 0. The molecule has 0 aliphatic heterocycles. The van der Waals surface area contributed by atoms with Gasteiger partial charge in [-0.1, -0.05) is 40.2 Å². The zero-order valence-corrected chi connectivity index (χ0v) is 12.7. The first kappa shape index (κ1) is 13.6. The van der Waals surface area contributed by atoms with Crippen molar-refractivity contribution in [2.45, 2.75) is 31.2 Å². The quantitative estimate of drug-likeness (QED) is 0.730. The number of hydrogen-bond donors (Lipinski definition) is 0. The highest BCUT2D eigenvalue weighted by Gasteiger charge is 2.11. The molecule has 0 bridgehead atoms. The lowest BCUT2D eigenvalue weighted by Gasteiger charge is -2.09. The standard InChI is InChI=1S/C17H16BrFO/c18-10-12-5-7-17(16(19)9-12)20-11-13-4-6-14-2-1-3-15(14)8-13/h4-9H,1-3,10-11H2. The summed E-state index contributed by atoms with van der Waals surface area (Å²) >= 11 is 3.31. The van der Waals surface area contributed by atoms with Crippen LogP contribution in [0.25, 0.3) is 0 Å². The molecule has 3 rings (SSSR count). The van der Waals surface area contributed by atoms with Crippen LogP contribution in [0.4, 0.5) is 4.39 Å². The van der Waals surface area contributed by atoms with Crippen molar-refractivity contribution in [2.24, 2.45) is 0 Å². The lowest BCUT2D eigenvalue weighted by Crippen LogP contribution is -1.99. The number of aryl methyl sites for hydroxylation is 2. The monoisotopic (exact) mass is 334 g/mol. The normalized spacial score (nSPS) is 13.3. The molecular weight excluding hydrogens is 319 g/mol. The Morgan fingerprint density at radius 1 is 1.00 bits per heavy atom. The molecule has 3 heteroatoms. The van der Waals surface area contributed by atoms with Crippen molar-refractivity contribution >= 4 is 15.9 Å². The highest BCUT2D eigenvalue weighted by atomic mass is 79.9. The Morgan fingerprint density at radius 2 is 1.80 bits per heavy atom. The van der Waals surface area contributed by atoms with Crippen molar-refractivity contribution in [1.82, 2.24) is 0 Å². The van der Waals surface area contributed by atoms with E-state index in [1.807, 2.05) is 6.07 Å². The van der Waals surface area contributed by atoms with Crippen LogP contribution in [-0.2, 0) is 24.8 Å². The summed E-state index contributed by atoms with van der Waals surface area (Å²) in [5, 5.41) is 0.648. The maximum atomic E-state index is 13.8. The summed E-state index contributed by atoms with van der Waals surface area (Å²) in [5.74, 6) is 0.0123. The van der Waals surface area contributed by atoms with E-state index in [2.05, 4.69) is 34.1 Å². The van der Waals surface area contributed by atoms with Gasteiger partial charge in [-0.05, 0) is 53.6 Å². The second-order valence-corrected chi connectivity index (χ2v) is 5.70. The fourth-order valence-corrected chi connectivity index (χ4v) is 2.97. The van der Waals surface area contributed by atoms with Crippen LogP contribution in [0.2, 0.25) is 0 Å². The molecule has 0 spiro atoms. The largest absolute Gasteiger partial charge is 0.486 e. The number of fused-ring (bicyclic) bond motifs is 1. The zero-order chi connectivity index (χ0) is 13.9. The van der Waals surface area contributed by atoms with Gasteiger partial charge in [-0.3, -0.25) is 0 Å². The van der Waals surface area contributed by atoms with Crippen molar-refractivity contribution in [3.05, 3.63) is 64.5 Å². The fraction of sp³-hybridized carbons (Fsp3) is 0.294. The maximum absolute atomic E-state index is 13.8. The minimum absolute atomic E-state index is 0.303. The predicted octanol–water partition coefficient (Wildman–Crippen LogP) is 4.79. The molecule has 2 aromatic rings. The van der Waals surface area contributed by atoms with Crippen molar-refractivity contribution < 1.29 is 9.13 Å². The molecule has 0 saturated carbocycles. The molecule has 20 heavy (non-hydrogen) atoms. The van der Waals surface area contributed by atoms with E-state index < -0.39 is 0 Å². The van der Waals surface area contributed by atoms with Gasteiger partial charge in [0.25, 0.3) is 0 Å². The Morgan fingerprint density at radius 3 is 2.60 bits per heavy atom. The van der Waals surface area contributed by atoms with Crippen molar-refractivity contribution in [3.63, 3.8) is 0 Å². The van der Waals surface area contributed by atoms with Crippen LogP contribution in [-0.4, -0.2) is 0 Å². The van der Waals surface area contributed by atoms with Crippen LogP contribution >= 0.6 is 15.9 Å². The molecule has 0 radical (unpaired) electrons. The average molecular weight is 335 g/mol. The van der Waals surface area contributed by atoms with Crippen LogP contribution in [0, 0.1) is 5.82 Å². The molecule has 0 N–H and O–H groups in total. The number of ether oxygens (including phenoxy) is 1. The third-order valence-corrected chi connectivity index (χ3v) is 4.36. The van der Waals surface area contributed by atoms with E-state index in [-0.39, 0.29) is 5.82 Å². The average Bonchev–Trinajstić information content (AvgIpc) is 2.93. The first-order valence-electron chi connectivity index (χ1n) is 6.84. The molecule has 0 heterocycles. The van der Waals surface area contributed by atoms with Crippen molar-refractivity contribution in [2.75, 3.05) is 0 Å². The smallest absolute Gasteiger partial charge is 0.165 e. The summed E-state index contributed by atoms with van der Waals surface area (Å²) < 4.78 is 19.4. The van der Waals surface area contributed by atoms with Gasteiger partial charge >= 0.3 is 0 Å². The zero-order valence-electron chi connectivity index (χ0n) is 11.2. The van der Waals surface area contributed by atoms with Gasteiger partial charge in [-0.15, -0.1) is 0 Å². The van der Waals surface area contributed by atoms with Gasteiger partial charge in [0.1, 0.15) is 6.61 Å². The topological polar surface area (TPSA) is 9.23 Å². The third kappa shape index (κ3) is 2.88. The molecule has 0 fully saturated rings. The molecule has 0 amide bonds. The summed E-state index contributed by atoms with van der Waals surface area (Å²) in [6.07, 6.45) is 3.57. The van der Waals surface area contributed by atoms with E-state index in [0.29, 0.717) is 17.7 Å². The van der Waals surface area contributed by atoms with Gasteiger partial charge in [0.2, 0.25) is 0 Å². The van der Waals surface area contributed by atoms with E-state index in [0.717, 1.165) is 17.5 Å². The lowest BCUT2D eigenvalue weighted by atomic mass is 10.1. The van der Waals surface area contributed by atoms with Crippen LogP contribution in [0.5, 0.6) is 5.75 Å². The molecule has 2 aromatic carbocycles. The molecule has 1 aliphatic carbocycles. The maximum Gasteiger partial charge on any atom is 0.165 e. The van der Waals surface area contributed by atoms with Crippen LogP contribution < -0.4 is 4.74 Å². The predicted molar refractivity (Wildman–Crippen MR) is 81.8 cm³/mol. The first-order valence-corrected chi connectivity index (χ1v) is 7.96. The molecule has 0 unspecified atom stereocenters. The van der Waals surface area contributed by atoms with E-state index >= 15 is 0 Å². The lowest BCUT2D eigenvalue weighted by molar-refractivity contribution is 0.290. The third-order valence-electron chi connectivity index (χ3n) is 3.71. The molecule has 0 saturated heterocycles. The molecule has 1 nitrogen and oxygen atoms in total.